The van der Waals surface area contributed by atoms with Gasteiger partial charge in [-0.15, -0.1) is 0 Å². The van der Waals surface area contributed by atoms with Crippen LogP contribution in [0.4, 0.5) is 5.69 Å². The molecule has 6 heteroatoms. The van der Waals surface area contributed by atoms with Crippen molar-refractivity contribution in [3.05, 3.63) is 99.8 Å². The molecule has 0 aliphatic carbocycles. The van der Waals surface area contributed by atoms with E-state index in [2.05, 4.69) is 10.3 Å². The molecule has 5 rings (SSSR count). The number of carbonyl (C=O) groups is 1. The monoisotopic (exact) mass is 412 g/mol. The highest BCUT2D eigenvalue weighted by Crippen LogP contribution is 2.44. The predicted octanol–water partition coefficient (Wildman–Crippen LogP) is 4.55. The van der Waals surface area contributed by atoms with E-state index in [0.29, 0.717) is 29.3 Å². The average molecular weight is 412 g/mol. The van der Waals surface area contributed by atoms with E-state index >= 15 is 0 Å². The number of hydrogen-bond acceptors (Lipinski definition) is 4. The third-order valence-corrected chi connectivity index (χ3v) is 5.44. The van der Waals surface area contributed by atoms with Crippen LogP contribution in [0.5, 0.6) is 11.5 Å². The van der Waals surface area contributed by atoms with Gasteiger partial charge in [-0.1, -0.05) is 42.5 Å². The summed E-state index contributed by atoms with van der Waals surface area (Å²) >= 11 is 0. The second kappa shape index (κ2) is 7.74. The van der Waals surface area contributed by atoms with Crippen molar-refractivity contribution in [3.8, 4) is 11.5 Å². The standard InChI is InChI=1S/C25H20N2O4/c1-30-14-15-12-23(28)27-20-13-16(10-11-17(15)20)26-25(29)24-18-6-2-4-8-21(18)31-22-9-5-3-7-19(22)24/h2-13,24H,14H2,1H3,(H,26,29)(H,27,28). The van der Waals surface area contributed by atoms with Crippen LogP contribution in [0.2, 0.25) is 0 Å². The number of carbonyl (C=O) groups excluding carboxylic acids is 1. The van der Waals surface area contributed by atoms with Gasteiger partial charge in [0.05, 0.1) is 18.0 Å². The fraction of sp³-hybridized carbons (Fsp3) is 0.120. The Hall–Kier alpha value is -3.90. The van der Waals surface area contributed by atoms with Gasteiger partial charge in [0, 0.05) is 35.4 Å². The van der Waals surface area contributed by atoms with Crippen LogP contribution in [-0.4, -0.2) is 18.0 Å². The van der Waals surface area contributed by atoms with Crippen molar-refractivity contribution in [2.75, 3.05) is 12.4 Å². The van der Waals surface area contributed by atoms with E-state index in [4.69, 9.17) is 9.47 Å². The molecule has 0 unspecified atom stereocenters. The van der Waals surface area contributed by atoms with E-state index in [1.165, 1.54) is 6.07 Å². The number of ether oxygens (including phenoxy) is 2. The Morgan fingerprint density at radius 2 is 1.68 bits per heavy atom. The molecule has 0 saturated carbocycles. The first kappa shape index (κ1) is 19.1. The number of para-hydroxylation sites is 2. The first-order valence-corrected chi connectivity index (χ1v) is 9.95. The smallest absolute Gasteiger partial charge is 0.248 e. The van der Waals surface area contributed by atoms with Crippen LogP contribution >= 0.6 is 0 Å². The number of aromatic amines is 1. The topological polar surface area (TPSA) is 80.4 Å². The van der Waals surface area contributed by atoms with Gasteiger partial charge in [-0.05, 0) is 29.8 Å². The molecule has 0 bridgehead atoms. The summed E-state index contributed by atoms with van der Waals surface area (Å²) in [6.45, 7) is 0.335. The lowest BCUT2D eigenvalue weighted by Gasteiger charge is -2.27. The molecular weight excluding hydrogens is 392 g/mol. The molecule has 0 spiro atoms. The molecule has 4 aromatic rings. The highest BCUT2D eigenvalue weighted by molar-refractivity contribution is 6.01. The molecule has 1 amide bonds. The van der Waals surface area contributed by atoms with Gasteiger partial charge >= 0.3 is 0 Å². The minimum absolute atomic E-state index is 0.169. The zero-order valence-corrected chi connectivity index (χ0v) is 16.8. The highest BCUT2D eigenvalue weighted by atomic mass is 16.5. The summed E-state index contributed by atoms with van der Waals surface area (Å²) in [6.07, 6.45) is 0. The number of pyridine rings is 1. The summed E-state index contributed by atoms with van der Waals surface area (Å²) in [5.74, 6) is 0.676. The Labute approximate surface area is 178 Å². The van der Waals surface area contributed by atoms with Crippen molar-refractivity contribution in [1.82, 2.24) is 4.98 Å². The first-order valence-electron chi connectivity index (χ1n) is 9.95. The molecule has 1 aromatic heterocycles. The van der Waals surface area contributed by atoms with Gasteiger partial charge in [0.1, 0.15) is 11.5 Å². The van der Waals surface area contributed by atoms with Gasteiger partial charge in [-0.2, -0.15) is 0 Å². The van der Waals surface area contributed by atoms with Crippen molar-refractivity contribution >= 4 is 22.5 Å². The second-order valence-electron chi connectivity index (χ2n) is 7.45. The lowest BCUT2D eigenvalue weighted by molar-refractivity contribution is -0.116. The van der Waals surface area contributed by atoms with Gasteiger partial charge in [0.25, 0.3) is 0 Å². The van der Waals surface area contributed by atoms with E-state index < -0.39 is 5.92 Å². The molecule has 1 aliphatic rings. The summed E-state index contributed by atoms with van der Waals surface area (Å²) in [5.41, 5.74) is 3.46. The molecule has 0 saturated heterocycles. The van der Waals surface area contributed by atoms with E-state index in [0.717, 1.165) is 22.1 Å². The molecule has 0 fully saturated rings. The summed E-state index contributed by atoms with van der Waals surface area (Å²) < 4.78 is 11.2. The van der Waals surface area contributed by atoms with Gasteiger partial charge in [0.2, 0.25) is 11.5 Å². The minimum atomic E-state index is -0.504. The lowest BCUT2D eigenvalue weighted by atomic mass is 9.87. The molecular formula is C25H20N2O4. The third kappa shape index (κ3) is 3.47. The Morgan fingerprint density at radius 1 is 1.00 bits per heavy atom. The summed E-state index contributed by atoms with van der Waals surface area (Å²) in [6, 6.07) is 22.1. The number of amides is 1. The van der Waals surface area contributed by atoms with Crippen molar-refractivity contribution in [3.63, 3.8) is 0 Å². The quantitative estimate of drug-likeness (QED) is 0.515. The van der Waals surface area contributed by atoms with Crippen LogP contribution in [0.3, 0.4) is 0 Å². The van der Waals surface area contributed by atoms with Gasteiger partial charge in [-0.3, -0.25) is 9.59 Å². The summed E-state index contributed by atoms with van der Waals surface area (Å²) in [4.78, 5) is 28.3. The molecule has 31 heavy (non-hydrogen) atoms. The van der Waals surface area contributed by atoms with Crippen molar-refractivity contribution in [1.29, 1.82) is 0 Å². The van der Waals surface area contributed by atoms with Crippen LogP contribution in [0.15, 0.2) is 77.6 Å². The van der Waals surface area contributed by atoms with Crippen molar-refractivity contribution in [2.24, 2.45) is 0 Å². The van der Waals surface area contributed by atoms with Gasteiger partial charge < -0.3 is 19.8 Å². The van der Waals surface area contributed by atoms with E-state index in [-0.39, 0.29) is 11.5 Å². The zero-order chi connectivity index (χ0) is 21.4. The molecule has 0 atom stereocenters. The lowest BCUT2D eigenvalue weighted by Crippen LogP contribution is -2.25. The van der Waals surface area contributed by atoms with Crippen LogP contribution in [0.25, 0.3) is 10.9 Å². The Kier molecular flexibility index (Phi) is 4.76. The van der Waals surface area contributed by atoms with E-state index in [9.17, 15) is 9.59 Å². The van der Waals surface area contributed by atoms with Gasteiger partial charge in [0.15, 0.2) is 0 Å². The second-order valence-corrected chi connectivity index (χ2v) is 7.45. The van der Waals surface area contributed by atoms with Crippen LogP contribution in [-0.2, 0) is 16.1 Å². The predicted molar refractivity (Wildman–Crippen MR) is 119 cm³/mol. The maximum absolute atomic E-state index is 13.4. The highest BCUT2D eigenvalue weighted by Gasteiger charge is 2.32. The molecule has 1 aliphatic heterocycles. The van der Waals surface area contributed by atoms with Crippen LogP contribution < -0.4 is 15.6 Å². The maximum Gasteiger partial charge on any atom is 0.248 e. The maximum atomic E-state index is 13.4. The number of anilines is 1. The van der Waals surface area contributed by atoms with Crippen molar-refractivity contribution in [2.45, 2.75) is 12.5 Å². The summed E-state index contributed by atoms with van der Waals surface area (Å²) in [7, 11) is 1.59. The first-order chi connectivity index (χ1) is 15.1. The average Bonchev–Trinajstić information content (AvgIpc) is 2.77. The fourth-order valence-corrected chi connectivity index (χ4v) is 4.09. The molecule has 6 nitrogen and oxygen atoms in total. The number of H-pyrrole nitrogens is 1. The molecule has 154 valence electrons. The van der Waals surface area contributed by atoms with Gasteiger partial charge in [-0.25, -0.2) is 0 Å². The fourth-order valence-electron chi connectivity index (χ4n) is 4.09. The van der Waals surface area contributed by atoms with E-state index in [1.807, 2.05) is 60.7 Å². The van der Waals surface area contributed by atoms with E-state index in [1.54, 1.807) is 13.2 Å². The Bertz CT molecular complexity index is 1310. The number of methoxy groups -OCH3 is 1. The Morgan fingerprint density at radius 3 is 2.35 bits per heavy atom. The molecule has 2 heterocycles. The van der Waals surface area contributed by atoms with Crippen molar-refractivity contribution < 1.29 is 14.3 Å². The molecule has 0 radical (unpaired) electrons. The summed E-state index contributed by atoms with van der Waals surface area (Å²) in [5, 5.41) is 3.88. The number of aromatic nitrogens is 1. The SMILES string of the molecule is COCc1cc(=O)[nH]c2cc(NC(=O)C3c4ccccc4Oc4ccccc43)ccc12. The Balaban J connectivity index is 1.52. The third-order valence-electron chi connectivity index (χ3n) is 5.44. The molecule has 2 N–H and O–H groups in total. The largest absolute Gasteiger partial charge is 0.457 e. The van der Waals surface area contributed by atoms with Crippen LogP contribution in [0, 0.1) is 0 Å². The minimum Gasteiger partial charge on any atom is -0.457 e. The number of rotatable bonds is 4. The van der Waals surface area contributed by atoms with Crippen LogP contribution in [0.1, 0.15) is 22.6 Å². The molecule has 3 aromatic carbocycles. The number of fused-ring (bicyclic) bond motifs is 3. The number of hydrogen-bond donors (Lipinski definition) is 2. The zero-order valence-electron chi connectivity index (χ0n) is 16.8. The normalized spacial score (nSPS) is 12.7. The number of nitrogens with one attached hydrogen (secondary N) is 2. The number of benzene rings is 3.